The second-order valence-corrected chi connectivity index (χ2v) is 6.63. The van der Waals surface area contributed by atoms with Crippen molar-refractivity contribution in [2.45, 2.75) is 25.0 Å². The molecule has 2 aromatic carbocycles. The van der Waals surface area contributed by atoms with Crippen molar-refractivity contribution in [3.8, 4) is 5.75 Å². The van der Waals surface area contributed by atoms with E-state index in [4.69, 9.17) is 14.2 Å². The van der Waals surface area contributed by atoms with Crippen LogP contribution >= 0.6 is 0 Å². The van der Waals surface area contributed by atoms with Crippen molar-refractivity contribution in [3.63, 3.8) is 0 Å². The maximum atomic E-state index is 6.03. The van der Waals surface area contributed by atoms with Crippen LogP contribution in [0.3, 0.4) is 0 Å². The van der Waals surface area contributed by atoms with E-state index in [1.807, 2.05) is 0 Å². The molecule has 2 aliphatic rings. The van der Waals surface area contributed by atoms with Gasteiger partial charge in [0.1, 0.15) is 5.75 Å². The molecular weight excluding hydrogens is 302 g/mol. The number of piperidine rings is 1. The van der Waals surface area contributed by atoms with Gasteiger partial charge in [0.2, 0.25) is 0 Å². The monoisotopic (exact) mass is 327 g/mol. The second-order valence-electron chi connectivity index (χ2n) is 6.63. The Morgan fingerprint density at radius 3 is 2.54 bits per heavy atom. The summed E-state index contributed by atoms with van der Waals surface area (Å²) in [5.41, 5.74) is 0. The van der Waals surface area contributed by atoms with E-state index in [9.17, 15) is 0 Å². The molecule has 2 aliphatic heterocycles. The summed E-state index contributed by atoms with van der Waals surface area (Å²) in [6.07, 6.45) is 3.01. The van der Waals surface area contributed by atoms with Gasteiger partial charge in [-0.25, -0.2) is 0 Å². The standard InChI is InChI=1S/C20H25NO3/c1-2-7-18-17(5-1)6-3-8-19(18)22-14-4-11-21-12-9-20(10-13-21)23-15-16-24-20/h1-3,5-8H,4,9-16H2. The first-order valence-electron chi connectivity index (χ1n) is 8.96. The molecule has 0 radical (unpaired) electrons. The Bertz CT molecular complexity index is 666. The Balaban J connectivity index is 1.23. The molecule has 0 aliphatic carbocycles. The van der Waals surface area contributed by atoms with Crippen molar-refractivity contribution in [2.24, 2.45) is 0 Å². The third kappa shape index (κ3) is 3.41. The Kier molecular flexibility index (Phi) is 4.69. The van der Waals surface area contributed by atoms with Crippen molar-refractivity contribution >= 4 is 10.8 Å². The zero-order chi connectivity index (χ0) is 16.2. The lowest BCUT2D eigenvalue weighted by Crippen LogP contribution is -2.45. The van der Waals surface area contributed by atoms with Crippen molar-refractivity contribution in [1.29, 1.82) is 0 Å². The molecule has 2 saturated heterocycles. The zero-order valence-corrected chi connectivity index (χ0v) is 14.1. The van der Waals surface area contributed by atoms with Gasteiger partial charge in [0.15, 0.2) is 5.79 Å². The highest BCUT2D eigenvalue weighted by atomic mass is 16.7. The van der Waals surface area contributed by atoms with Crippen LogP contribution in [-0.2, 0) is 9.47 Å². The maximum Gasteiger partial charge on any atom is 0.170 e. The largest absolute Gasteiger partial charge is 0.493 e. The molecule has 2 aromatic rings. The van der Waals surface area contributed by atoms with E-state index in [-0.39, 0.29) is 5.79 Å². The molecule has 0 N–H and O–H groups in total. The predicted octanol–water partition coefficient (Wildman–Crippen LogP) is 3.45. The van der Waals surface area contributed by atoms with Crippen LogP contribution < -0.4 is 4.74 Å². The molecule has 0 saturated carbocycles. The van der Waals surface area contributed by atoms with E-state index in [1.54, 1.807) is 0 Å². The van der Waals surface area contributed by atoms with Crippen molar-refractivity contribution in [2.75, 3.05) is 39.5 Å². The van der Waals surface area contributed by atoms with Crippen LogP contribution in [-0.4, -0.2) is 50.1 Å². The topological polar surface area (TPSA) is 30.9 Å². The molecule has 1 spiro atoms. The molecule has 0 bridgehead atoms. The minimum Gasteiger partial charge on any atom is -0.493 e. The summed E-state index contributed by atoms with van der Waals surface area (Å²) in [7, 11) is 0. The third-order valence-corrected chi connectivity index (χ3v) is 5.06. The quantitative estimate of drug-likeness (QED) is 0.787. The van der Waals surface area contributed by atoms with Gasteiger partial charge in [-0.2, -0.15) is 0 Å². The number of nitrogens with zero attached hydrogens (tertiary/aromatic N) is 1. The Morgan fingerprint density at radius 2 is 1.71 bits per heavy atom. The van der Waals surface area contributed by atoms with Crippen LogP contribution in [0.4, 0.5) is 0 Å². The van der Waals surface area contributed by atoms with Crippen molar-refractivity contribution < 1.29 is 14.2 Å². The number of ether oxygens (including phenoxy) is 3. The first-order valence-corrected chi connectivity index (χ1v) is 8.96. The minimum atomic E-state index is -0.268. The summed E-state index contributed by atoms with van der Waals surface area (Å²) in [5.74, 6) is 0.717. The maximum absolute atomic E-state index is 6.03. The normalized spacial score (nSPS) is 20.7. The van der Waals surface area contributed by atoms with Crippen LogP contribution in [0.25, 0.3) is 10.8 Å². The summed E-state index contributed by atoms with van der Waals surface area (Å²) in [5, 5.41) is 2.42. The van der Waals surface area contributed by atoms with Crippen molar-refractivity contribution in [3.05, 3.63) is 42.5 Å². The molecule has 4 nitrogen and oxygen atoms in total. The fourth-order valence-corrected chi connectivity index (χ4v) is 3.69. The van der Waals surface area contributed by atoms with Crippen LogP contribution in [0.15, 0.2) is 42.5 Å². The summed E-state index contributed by atoms with van der Waals surface area (Å²) in [6, 6.07) is 14.6. The lowest BCUT2D eigenvalue weighted by Gasteiger charge is -2.37. The lowest BCUT2D eigenvalue weighted by atomic mass is 10.0. The number of benzene rings is 2. The first kappa shape index (κ1) is 15.9. The average molecular weight is 327 g/mol. The number of fused-ring (bicyclic) bond motifs is 1. The van der Waals surface area contributed by atoms with Gasteiger partial charge in [-0.3, -0.25) is 0 Å². The fourth-order valence-electron chi connectivity index (χ4n) is 3.69. The molecule has 24 heavy (non-hydrogen) atoms. The molecule has 2 heterocycles. The molecule has 0 atom stereocenters. The number of hydrogen-bond acceptors (Lipinski definition) is 4. The smallest absolute Gasteiger partial charge is 0.170 e. The van der Waals surface area contributed by atoms with Gasteiger partial charge < -0.3 is 19.1 Å². The highest BCUT2D eigenvalue weighted by Crippen LogP contribution is 2.31. The molecule has 2 fully saturated rings. The molecule has 4 rings (SSSR count). The van der Waals surface area contributed by atoms with Crippen LogP contribution in [0, 0.1) is 0 Å². The first-order chi connectivity index (χ1) is 11.8. The number of likely N-dealkylation sites (tertiary alicyclic amines) is 1. The van der Waals surface area contributed by atoms with Gasteiger partial charge >= 0.3 is 0 Å². The number of hydrogen-bond donors (Lipinski definition) is 0. The Morgan fingerprint density at radius 1 is 0.958 bits per heavy atom. The highest BCUT2D eigenvalue weighted by molar-refractivity contribution is 5.88. The van der Waals surface area contributed by atoms with E-state index in [1.165, 1.54) is 10.8 Å². The molecule has 0 amide bonds. The van der Waals surface area contributed by atoms with E-state index in [0.29, 0.717) is 0 Å². The molecule has 4 heteroatoms. The van der Waals surface area contributed by atoms with E-state index < -0.39 is 0 Å². The summed E-state index contributed by atoms with van der Waals surface area (Å²) >= 11 is 0. The van der Waals surface area contributed by atoms with Gasteiger partial charge in [0.05, 0.1) is 19.8 Å². The third-order valence-electron chi connectivity index (χ3n) is 5.06. The molecule has 0 aromatic heterocycles. The van der Waals surface area contributed by atoms with E-state index in [2.05, 4.69) is 47.4 Å². The summed E-state index contributed by atoms with van der Waals surface area (Å²) in [6.45, 7) is 5.42. The Labute approximate surface area is 143 Å². The molecule has 128 valence electrons. The summed E-state index contributed by atoms with van der Waals surface area (Å²) in [4.78, 5) is 2.49. The van der Waals surface area contributed by atoms with Gasteiger partial charge in [-0.15, -0.1) is 0 Å². The van der Waals surface area contributed by atoms with Gasteiger partial charge in [-0.1, -0.05) is 36.4 Å². The van der Waals surface area contributed by atoms with E-state index in [0.717, 1.165) is 64.5 Å². The van der Waals surface area contributed by atoms with Gasteiger partial charge in [0.25, 0.3) is 0 Å². The van der Waals surface area contributed by atoms with Crippen LogP contribution in [0.2, 0.25) is 0 Å². The zero-order valence-electron chi connectivity index (χ0n) is 14.1. The van der Waals surface area contributed by atoms with Crippen LogP contribution in [0.5, 0.6) is 5.75 Å². The van der Waals surface area contributed by atoms with Gasteiger partial charge in [0, 0.05) is 37.9 Å². The van der Waals surface area contributed by atoms with Crippen molar-refractivity contribution in [1.82, 2.24) is 4.90 Å². The molecule has 0 unspecified atom stereocenters. The summed E-state index contributed by atoms with van der Waals surface area (Å²) < 4.78 is 17.6. The average Bonchev–Trinajstić information content (AvgIpc) is 3.09. The molecular formula is C20H25NO3. The van der Waals surface area contributed by atoms with Crippen LogP contribution in [0.1, 0.15) is 19.3 Å². The minimum absolute atomic E-state index is 0.268. The van der Waals surface area contributed by atoms with E-state index >= 15 is 0 Å². The number of rotatable bonds is 5. The second kappa shape index (κ2) is 7.09. The fraction of sp³-hybridized carbons (Fsp3) is 0.500. The lowest BCUT2D eigenvalue weighted by molar-refractivity contribution is -0.185. The highest BCUT2D eigenvalue weighted by Gasteiger charge is 2.39. The predicted molar refractivity (Wildman–Crippen MR) is 94.4 cm³/mol. The van der Waals surface area contributed by atoms with Gasteiger partial charge in [-0.05, 0) is 17.9 Å². The Hall–Kier alpha value is -1.62. The SMILES string of the molecule is c1ccc2c(OCCCN3CCC4(CC3)OCCO4)cccc2c1.